The van der Waals surface area contributed by atoms with Gasteiger partial charge in [0, 0.05) is 31.2 Å². The molecule has 0 bridgehead atoms. The first-order valence-electron chi connectivity index (χ1n) is 11.0. The average Bonchev–Trinajstić information content (AvgIpc) is 2.82. The molecule has 1 saturated heterocycles. The summed E-state index contributed by atoms with van der Waals surface area (Å²) in [5.74, 6) is 0.559. The van der Waals surface area contributed by atoms with Crippen LogP contribution in [0.1, 0.15) is 30.2 Å². The normalized spacial score (nSPS) is 17.3. The molecule has 35 heavy (non-hydrogen) atoms. The highest BCUT2D eigenvalue weighted by molar-refractivity contribution is 5.89. The number of amides is 2. The fraction of sp³-hybridized carbons (Fsp3) is 0.280. The topological polar surface area (TPSA) is 80.2 Å². The van der Waals surface area contributed by atoms with Crippen LogP contribution in [0.3, 0.4) is 0 Å². The minimum absolute atomic E-state index is 0.147. The molecule has 1 aromatic carbocycles. The van der Waals surface area contributed by atoms with Gasteiger partial charge in [0.15, 0.2) is 0 Å². The number of aromatic nitrogens is 3. The molecule has 3 aromatic rings. The highest BCUT2D eigenvalue weighted by atomic mass is 19.4. The molecule has 1 unspecified atom stereocenters. The zero-order chi connectivity index (χ0) is 25.0. The van der Waals surface area contributed by atoms with Gasteiger partial charge < -0.3 is 15.0 Å². The summed E-state index contributed by atoms with van der Waals surface area (Å²) in [6.45, 7) is 5.11. The van der Waals surface area contributed by atoms with Crippen LogP contribution in [-0.4, -0.2) is 39.0 Å². The van der Waals surface area contributed by atoms with Crippen molar-refractivity contribution < 1.29 is 22.7 Å². The summed E-state index contributed by atoms with van der Waals surface area (Å²) in [4.78, 5) is 25.9. The monoisotopic (exact) mass is 483 g/mol. The molecule has 1 aliphatic rings. The number of pyridine rings is 1. The molecule has 1 atom stereocenters. The fourth-order valence-corrected chi connectivity index (χ4v) is 3.70. The first kappa shape index (κ1) is 24.2. The maximum atomic E-state index is 12.7. The van der Waals surface area contributed by atoms with E-state index in [4.69, 9.17) is 4.74 Å². The number of ether oxygens (including phenoxy) is 1. The second-order valence-corrected chi connectivity index (χ2v) is 8.36. The van der Waals surface area contributed by atoms with Crippen molar-refractivity contribution in [2.24, 2.45) is 5.92 Å². The number of likely N-dealkylation sites (tertiary alicyclic amines) is 1. The number of carbonyl (C=O) groups is 1. The van der Waals surface area contributed by atoms with Crippen molar-refractivity contribution >= 4 is 17.8 Å². The smallest absolute Gasteiger partial charge is 0.419 e. The molecule has 2 amide bonds. The van der Waals surface area contributed by atoms with Crippen molar-refractivity contribution in [3.05, 3.63) is 77.4 Å². The Balaban J connectivity index is 1.38. The van der Waals surface area contributed by atoms with Gasteiger partial charge >= 0.3 is 18.2 Å². The Kier molecular flexibility index (Phi) is 6.99. The number of benzene rings is 1. The van der Waals surface area contributed by atoms with Gasteiger partial charge in [-0.25, -0.2) is 14.8 Å². The first-order valence-corrected chi connectivity index (χ1v) is 11.0. The Morgan fingerprint density at radius 3 is 2.57 bits per heavy atom. The number of aryl methyl sites for hydroxylation is 1. The molecule has 10 heteroatoms. The van der Waals surface area contributed by atoms with Gasteiger partial charge in [0.05, 0.1) is 17.4 Å². The standard InChI is InChI=1S/C25H24F3N5O2/c1-16-15-33(24(34)32-21-7-6-17(2)29-14-21)9-8-19(16)10-18-4-3-5-22(11-18)35-23-30-12-20(13-31-23)25(26,27)28/h3-7,10-14,16H,8-9,15H2,1-2H3,(H,32,34). The van der Waals surface area contributed by atoms with E-state index in [0.29, 0.717) is 43.3 Å². The van der Waals surface area contributed by atoms with Gasteiger partial charge in [-0.1, -0.05) is 30.7 Å². The molecular formula is C25H24F3N5O2. The summed E-state index contributed by atoms with van der Waals surface area (Å²) in [5, 5.41) is 2.88. The number of piperidine rings is 1. The minimum Gasteiger partial charge on any atom is -0.424 e. The van der Waals surface area contributed by atoms with Gasteiger partial charge in [0.25, 0.3) is 0 Å². The molecule has 0 saturated carbocycles. The highest BCUT2D eigenvalue weighted by Crippen LogP contribution is 2.30. The van der Waals surface area contributed by atoms with E-state index >= 15 is 0 Å². The number of urea groups is 1. The molecule has 4 rings (SSSR count). The zero-order valence-electron chi connectivity index (χ0n) is 19.2. The van der Waals surface area contributed by atoms with E-state index in [0.717, 1.165) is 11.3 Å². The molecule has 1 fully saturated rings. The summed E-state index contributed by atoms with van der Waals surface area (Å²) >= 11 is 0. The number of halogens is 3. The Morgan fingerprint density at radius 2 is 1.91 bits per heavy atom. The largest absolute Gasteiger partial charge is 0.424 e. The Labute approximate surface area is 200 Å². The van der Waals surface area contributed by atoms with Crippen LogP contribution in [0.2, 0.25) is 0 Å². The van der Waals surface area contributed by atoms with Crippen molar-refractivity contribution in [3.63, 3.8) is 0 Å². The van der Waals surface area contributed by atoms with E-state index in [-0.39, 0.29) is 18.0 Å². The molecule has 1 aliphatic heterocycles. The van der Waals surface area contributed by atoms with Crippen molar-refractivity contribution in [2.45, 2.75) is 26.4 Å². The summed E-state index contributed by atoms with van der Waals surface area (Å²) in [7, 11) is 0. The summed E-state index contributed by atoms with van der Waals surface area (Å²) in [5.41, 5.74) is 2.66. The van der Waals surface area contributed by atoms with Gasteiger partial charge in [0.1, 0.15) is 5.75 Å². The maximum absolute atomic E-state index is 12.7. The Bertz CT molecular complexity index is 1210. The lowest BCUT2D eigenvalue weighted by Gasteiger charge is -2.33. The van der Waals surface area contributed by atoms with Gasteiger partial charge in [-0.3, -0.25) is 4.98 Å². The van der Waals surface area contributed by atoms with Crippen LogP contribution in [-0.2, 0) is 6.18 Å². The lowest BCUT2D eigenvalue weighted by Crippen LogP contribution is -2.42. The van der Waals surface area contributed by atoms with Crippen LogP contribution in [0.5, 0.6) is 11.8 Å². The first-order chi connectivity index (χ1) is 16.7. The summed E-state index contributed by atoms with van der Waals surface area (Å²) in [6, 6.07) is 10.5. The summed E-state index contributed by atoms with van der Waals surface area (Å²) < 4.78 is 43.6. The molecule has 0 aliphatic carbocycles. The third-order valence-corrected chi connectivity index (χ3v) is 5.62. The molecule has 7 nitrogen and oxygen atoms in total. The zero-order valence-corrected chi connectivity index (χ0v) is 19.2. The van der Waals surface area contributed by atoms with Gasteiger partial charge in [-0.2, -0.15) is 13.2 Å². The lowest BCUT2D eigenvalue weighted by molar-refractivity contribution is -0.138. The number of hydrogen-bond donors (Lipinski definition) is 1. The van der Waals surface area contributed by atoms with E-state index in [1.807, 2.05) is 31.2 Å². The van der Waals surface area contributed by atoms with Gasteiger partial charge in [-0.05, 0) is 49.1 Å². The van der Waals surface area contributed by atoms with Gasteiger partial charge in [0.2, 0.25) is 0 Å². The second kappa shape index (κ2) is 10.1. The number of anilines is 1. The van der Waals surface area contributed by atoms with Crippen LogP contribution in [0.4, 0.5) is 23.7 Å². The predicted molar refractivity (Wildman–Crippen MR) is 125 cm³/mol. The highest BCUT2D eigenvalue weighted by Gasteiger charge is 2.31. The number of alkyl halides is 3. The number of rotatable bonds is 4. The molecule has 3 heterocycles. The SMILES string of the molecule is Cc1ccc(NC(=O)N2CCC(=Cc3cccc(Oc4ncc(C(F)(F)F)cn4)c3)C(C)C2)cn1. The Hall–Kier alpha value is -3.95. The van der Waals surface area contributed by atoms with Crippen LogP contribution in [0.25, 0.3) is 6.08 Å². The van der Waals surface area contributed by atoms with Crippen LogP contribution >= 0.6 is 0 Å². The van der Waals surface area contributed by atoms with Crippen molar-refractivity contribution in [1.29, 1.82) is 0 Å². The van der Waals surface area contributed by atoms with E-state index in [2.05, 4.69) is 27.2 Å². The number of nitrogens with one attached hydrogen (secondary N) is 1. The van der Waals surface area contributed by atoms with Gasteiger partial charge in [-0.15, -0.1) is 0 Å². The third-order valence-electron chi connectivity index (χ3n) is 5.62. The lowest BCUT2D eigenvalue weighted by atomic mass is 9.91. The molecule has 2 aromatic heterocycles. The van der Waals surface area contributed by atoms with Crippen LogP contribution in [0.15, 0.2) is 60.6 Å². The van der Waals surface area contributed by atoms with Crippen molar-refractivity contribution in [1.82, 2.24) is 19.9 Å². The Morgan fingerprint density at radius 1 is 1.14 bits per heavy atom. The molecule has 0 spiro atoms. The van der Waals surface area contributed by atoms with Crippen molar-refractivity contribution in [2.75, 3.05) is 18.4 Å². The average molecular weight is 483 g/mol. The number of nitrogens with zero attached hydrogens (tertiary/aromatic N) is 4. The quantitative estimate of drug-likeness (QED) is 0.496. The van der Waals surface area contributed by atoms with E-state index < -0.39 is 11.7 Å². The fourth-order valence-electron chi connectivity index (χ4n) is 3.70. The minimum atomic E-state index is -4.50. The van der Waals surface area contributed by atoms with E-state index in [1.165, 1.54) is 5.57 Å². The number of hydrogen-bond acceptors (Lipinski definition) is 5. The molecular weight excluding hydrogens is 459 g/mol. The molecule has 182 valence electrons. The van der Waals surface area contributed by atoms with Crippen LogP contribution in [0, 0.1) is 12.8 Å². The van der Waals surface area contributed by atoms with E-state index in [9.17, 15) is 18.0 Å². The summed E-state index contributed by atoms with van der Waals surface area (Å²) in [6.07, 6.45) is 1.27. The number of carbonyl (C=O) groups excluding carboxylic acids is 1. The second-order valence-electron chi connectivity index (χ2n) is 8.36. The third kappa shape index (κ3) is 6.34. The molecule has 1 N–H and O–H groups in total. The van der Waals surface area contributed by atoms with Crippen LogP contribution < -0.4 is 10.1 Å². The maximum Gasteiger partial charge on any atom is 0.419 e. The molecule has 0 radical (unpaired) electrons. The van der Waals surface area contributed by atoms with Crippen molar-refractivity contribution in [3.8, 4) is 11.8 Å². The van der Waals surface area contributed by atoms with E-state index in [1.54, 1.807) is 29.3 Å². The predicted octanol–water partition coefficient (Wildman–Crippen LogP) is 5.95.